The van der Waals surface area contributed by atoms with Gasteiger partial charge in [-0.05, 0) is 30.7 Å². The van der Waals surface area contributed by atoms with Crippen LogP contribution in [0.25, 0.3) is 5.57 Å². The Bertz CT molecular complexity index is 329. The molecule has 0 heterocycles. The van der Waals surface area contributed by atoms with Crippen LogP contribution in [-0.2, 0) is 0 Å². The Labute approximate surface area is 102 Å². The topological polar surface area (TPSA) is 75.9 Å². The molecule has 0 radical (unpaired) electrons. The van der Waals surface area contributed by atoms with E-state index in [-0.39, 0.29) is 0 Å². The maximum atomic E-state index is 7.06. The number of benzene rings is 1. The summed E-state index contributed by atoms with van der Waals surface area (Å²) in [4.78, 5) is 0.903. The first-order valence-electron chi connectivity index (χ1n) is 5.11. The van der Waals surface area contributed by atoms with Crippen LogP contribution in [-0.4, -0.2) is 12.8 Å². The van der Waals surface area contributed by atoms with Gasteiger partial charge in [-0.1, -0.05) is 19.1 Å². The van der Waals surface area contributed by atoms with Gasteiger partial charge in [0.2, 0.25) is 0 Å². The lowest BCUT2D eigenvalue weighted by Gasteiger charge is -1.99. The molecular formula is C12H19N3S. The molecule has 0 aliphatic heterocycles. The lowest BCUT2D eigenvalue weighted by molar-refractivity contribution is 0.932. The Morgan fingerprint density at radius 2 is 1.88 bits per heavy atom. The van der Waals surface area contributed by atoms with Crippen molar-refractivity contribution in [3.63, 3.8) is 0 Å². The third kappa shape index (κ3) is 5.58. The highest BCUT2D eigenvalue weighted by Crippen LogP contribution is 2.13. The van der Waals surface area contributed by atoms with Gasteiger partial charge in [-0.15, -0.1) is 12.6 Å². The molecule has 0 saturated heterocycles. The lowest BCUT2D eigenvalue weighted by Crippen LogP contribution is -1.93. The zero-order chi connectivity index (χ0) is 12.4. The van der Waals surface area contributed by atoms with Crippen molar-refractivity contribution < 1.29 is 0 Å². The fourth-order valence-corrected chi connectivity index (χ4v) is 1.03. The van der Waals surface area contributed by atoms with Gasteiger partial charge in [0.05, 0.1) is 0 Å². The summed E-state index contributed by atoms with van der Waals surface area (Å²) in [6.07, 6.45) is 3.74. The zero-order valence-electron chi connectivity index (χ0n) is 9.48. The highest BCUT2D eigenvalue weighted by Gasteiger charge is 1.95. The first-order valence-corrected chi connectivity index (χ1v) is 5.56. The average molecular weight is 237 g/mol. The molecule has 0 amide bonds. The van der Waals surface area contributed by atoms with Crippen LogP contribution < -0.4 is 11.5 Å². The molecule has 0 fully saturated rings. The number of nitrogens with two attached hydrogens (primary N) is 2. The van der Waals surface area contributed by atoms with Crippen LogP contribution in [0.2, 0.25) is 0 Å². The summed E-state index contributed by atoms with van der Waals surface area (Å²) in [6, 6.07) is 7.50. The maximum Gasteiger partial charge on any atom is 0.0270 e. The van der Waals surface area contributed by atoms with E-state index in [4.69, 9.17) is 16.9 Å². The van der Waals surface area contributed by atoms with Crippen LogP contribution in [0.1, 0.15) is 18.9 Å². The molecule has 0 spiro atoms. The van der Waals surface area contributed by atoms with E-state index < -0.39 is 0 Å². The number of hydrogen-bond donors (Lipinski definition) is 4. The van der Waals surface area contributed by atoms with Gasteiger partial charge in [0.1, 0.15) is 0 Å². The van der Waals surface area contributed by atoms with Crippen LogP contribution in [0.15, 0.2) is 35.4 Å². The number of thiol groups is 1. The van der Waals surface area contributed by atoms with E-state index in [0.717, 1.165) is 23.4 Å². The molecule has 88 valence electrons. The Kier molecular flexibility index (Phi) is 8.29. The van der Waals surface area contributed by atoms with Crippen molar-refractivity contribution in [3.05, 3.63) is 36.0 Å². The Balaban J connectivity index is 0.000000487. The molecule has 0 atom stereocenters. The van der Waals surface area contributed by atoms with Crippen LogP contribution in [0.3, 0.4) is 0 Å². The van der Waals surface area contributed by atoms with Crippen molar-refractivity contribution in [3.8, 4) is 0 Å². The smallest absolute Gasteiger partial charge is 0.0270 e. The van der Waals surface area contributed by atoms with Gasteiger partial charge >= 0.3 is 0 Å². The average Bonchev–Trinajstić information content (AvgIpc) is 2.33. The summed E-state index contributed by atoms with van der Waals surface area (Å²) in [7, 11) is 0. The van der Waals surface area contributed by atoms with E-state index in [9.17, 15) is 0 Å². The highest BCUT2D eigenvalue weighted by molar-refractivity contribution is 7.80. The van der Waals surface area contributed by atoms with E-state index in [1.807, 2.05) is 24.3 Å². The van der Waals surface area contributed by atoms with E-state index in [1.54, 1.807) is 0 Å². The Morgan fingerprint density at radius 3 is 2.19 bits per heavy atom. The fourth-order valence-electron chi connectivity index (χ4n) is 0.882. The largest absolute Gasteiger partial charge is 0.404 e. The standard InChI is InChI=1S/C9H10N2S.C3H9N/c10-5-8(6-11)7-1-3-9(12)4-2-7;1-2-3-4/h1-6,10,12H,11H2;2-4H2,1H3/b8-6+,10-5?;. The summed E-state index contributed by atoms with van der Waals surface area (Å²) in [5, 5.41) is 7.06. The van der Waals surface area contributed by atoms with Crippen LogP contribution in [0.5, 0.6) is 0 Å². The molecule has 0 aromatic heterocycles. The molecule has 0 aliphatic rings. The van der Waals surface area contributed by atoms with Gasteiger partial charge in [-0.2, -0.15) is 0 Å². The molecule has 0 bridgehead atoms. The van der Waals surface area contributed by atoms with Crippen LogP contribution >= 0.6 is 12.6 Å². The lowest BCUT2D eigenvalue weighted by atomic mass is 10.1. The minimum Gasteiger partial charge on any atom is -0.404 e. The van der Waals surface area contributed by atoms with Gasteiger partial charge in [-0.25, -0.2) is 0 Å². The second-order valence-electron chi connectivity index (χ2n) is 3.10. The highest BCUT2D eigenvalue weighted by atomic mass is 32.1. The van der Waals surface area contributed by atoms with Crippen molar-refractivity contribution in [2.45, 2.75) is 18.2 Å². The Hall–Kier alpha value is -1.26. The molecule has 0 saturated carbocycles. The summed E-state index contributed by atoms with van der Waals surface area (Å²) < 4.78 is 0. The van der Waals surface area contributed by atoms with Gasteiger partial charge < -0.3 is 16.9 Å². The van der Waals surface area contributed by atoms with E-state index in [2.05, 4.69) is 19.6 Å². The molecule has 16 heavy (non-hydrogen) atoms. The van der Waals surface area contributed by atoms with Gasteiger partial charge in [0.15, 0.2) is 0 Å². The molecule has 5 N–H and O–H groups in total. The molecule has 0 aliphatic carbocycles. The van der Waals surface area contributed by atoms with Crippen molar-refractivity contribution in [2.75, 3.05) is 6.54 Å². The fraction of sp³-hybridized carbons (Fsp3) is 0.250. The van der Waals surface area contributed by atoms with Crippen molar-refractivity contribution in [1.82, 2.24) is 0 Å². The first-order chi connectivity index (χ1) is 7.69. The molecule has 3 nitrogen and oxygen atoms in total. The summed E-state index contributed by atoms with van der Waals surface area (Å²) in [5.74, 6) is 0. The van der Waals surface area contributed by atoms with Gasteiger partial charge in [-0.3, -0.25) is 0 Å². The van der Waals surface area contributed by atoms with E-state index in [1.165, 1.54) is 12.4 Å². The molecule has 1 aromatic rings. The summed E-state index contributed by atoms with van der Waals surface area (Å²) >= 11 is 4.15. The van der Waals surface area contributed by atoms with E-state index >= 15 is 0 Å². The second-order valence-corrected chi connectivity index (χ2v) is 3.62. The number of nitrogens with one attached hydrogen (secondary N) is 1. The van der Waals surface area contributed by atoms with Gasteiger partial charge in [0.25, 0.3) is 0 Å². The number of rotatable bonds is 3. The predicted octanol–water partition coefficient (Wildman–Crippen LogP) is 2.28. The normalized spacial score (nSPS) is 10.3. The quantitative estimate of drug-likeness (QED) is 0.481. The molecule has 1 rings (SSSR count). The first kappa shape index (κ1) is 14.7. The summed E-state index contributed by atoms with van der Waals surface area (Å²) in [5.41, 5.74) is 12.0. The zero-order valence-corrected chi connectivity index (χ0v) is 10.4. The second kappa shape index (κ2) is 9.00. The predicted molar refractivity (Wildman–Crippen MR) is 74.0 cm³/mol. The van der Waals surface area contributed by atoms with Crippen LogP contribution in [0.4, 0.5) is 0 Å². The summed E-state index contributed by atoms with van der Waals surface area (Å²) in [6.45, 7) is 2.88. The number of allylic oxidation sites excluding steroid dienone is 1. The minimum atomic E-state index is 0.711. The van der Waals surface area contributed by atoms with Crippen LogP contribution in [0, 0.1) is 5.41 Å². The number of hydrogen-bond acceptors (Lipinski definition) is 4. The van der Waals surface area contributed by atoms with Crippen molar-refractivity contribution in [2.24, 2.45) is 11.5 Å². The maximum absolute atomic E-state index is 7.06. The Morgan fingerprint density at radius 1 is 1.38 bits per heavy atom. The third-order valence-electron chi connectivity index (χ3n) is 1.82. The molecule has 4 heteroatoms. The van der Waals surface area contributed by atoms with E-state index in [0.29, 0.717) is 5.57 Å². The van der Waals surface area contributed by atoms with Gasteiger partial charge in [0, 0.05) is 22.9 Å². The van der Waals surface area contributed by atoms with Crippen molar-refractivity contribution in [1.29, 1.82) is 5.41 Å². The third-order valence-corrected chi connectivity index (χ3v) is 2.12. The monoisotopic (exact) mass is 237 g/mol. The van der Waals surface area contributed by atoms with Crippen molar-refractivity contribution >= 4 is 24.4 Å². The molecule has 1 aromatic carbocycles. The SMILES string of the molecule is CCCN.N=C/C(=C\N)c1ccc(S)cc1. The molecular weight excluding hydrogens is 218 g/mol. The minimum absolute atomic E-state index is 0.711. The molecule has 0 unspecified atom stereocenters.